The van der Waals surface area contributed by atoms with E-state index in [0.717, 1.165) is 43.1 Å². The molecule has 0 radical (unpaired) electrons. The normalized spacial score (nSPS) is 14.5. The minimum atomic E-state index is -0.321. The second kappa shape index (κ2) is 7.05. The summed E-state index contributed by atoms with van der Waals surface area (Å²) in [4.78, 5) is 14.7. The van der Waals surface area contributed by atoms with Crippen molar-refractivity contribution in [3.63, 3.8) is 0 Å². The van der Waals surface area contributed by atoms with Crippen LogP contribution >= 0.6 is 0 Å². The first-order valence-electron chi connectivity index (χ1n) is 8.27. The summed E-state index contributed by atoms with van der Waals surface area (Å²) in [5, 5.41) is 0. The molecule has 1 fully saturated rings. The van der Waals surface area contributed by atoms with E-state index >= 15 is 0 Å². The number of hydrogen-bond acceptors (Lipinski definition) is 4. The Bertz CT molecular complexity index is 708. The van der Waals surface area contributed by atoms with Crippen LogP contribution in [0.15, 0.2) is 36.4 Å². The number of hydrogen-bond donors (Lipinski definition) is 0. The third-order valence-electron chi connectivity index (χ3n) is 4.28. The molecule has 1 saturated heterocycles. The molecule has 4 nitrogen and oxygen atoms in total. The van der Waals surface area contributed by atoms with Gasteiger partial charge >= 0.3 is 5.97 Å². The van der Waals surface area contributed by atoms with E-state index in [1.807, 2.05) is 57.2 Å². The summed E-state index contributed by atoms with van der Waals surface area (Å²) in [6.07, 6.45) is 0. The van der Waals surface area contributed by atoms with E-state index in [9.17, 15) is 4.79 Å². The molecule has 0 N–H and O–H groups in total. The maximum absolute atomic E-state index is 12.4. The Kier molecular flexibility index (Phi) is 4.86. The zero-order valence-electron chi connectivity index (χ0n) is 14.5. The van der Waals surface area contributed by atoms with E-state index in [1.165, 1.54) is 5.56 Å². The van der Waals surface area contributed by atoms with Crippen molar-refractivity contribution >= 4 is 11.7 Å². The Labute approximate surface area is 143 Å². The van der Waals surface area contributed by atoms with Crippen LogP contribution in [0.25, 0.3) is 0 Å². The highest BCUT2D eigenvalue weighted by Gasteiger charge is 2.15. The van der Waals surface area contributed by atoms with Crippen LogP contribution in [0.4, 0.5) is 5.69 Å². The largest absolute Gasteiger partial charge is 0.422 e. The molecule has 24 heavy (non-hydrogen) atoms. The summed E-state index contributed by atoms with van der Waals surface area (Å²) < 4.78 is 11.0. The standard InChI is InChI=1S/C20H23NO3/c1-14-12-15(2)19(16(3)13-14)24-20(22)17-4-6-18(7-5-17)21-8-10-23-11-9-21/h4-7,12-13H,8-11H2,1-3H3. The summed E-state index contributed by atoms with van der Waals surface area (Å²) in [7, 11) is 0. The molecule has 2 aromatic rings. The van der Waals surface area contributed by atoms with Gasteiger partial charge in [-0.2, -0.15) is 0 Å². The van der Waals surface area contributed by atoms with Crippen LogP contribution in [-0.2, 0) is 4.74 Å². The first-order chi connectivity index (χ1) is 11.5. The maximum Gasteiger partial charge on any atom is 0.343 e. The lowest BCUT2D eigenvalue weighted by Crippen LogP contribution is -2.36. The predicted octanol–water partition coefficient (Wildman–Crippen LogP) is 3.67. The van der Waals surface area contributed by atoms with Gasteiger partial charge in [-0.25, -0.2) is 4.79 Å². The molecule has 0 aromatic heterocycles. The van der Waals surface area contributed by atoms with Gasteiger partial charge < -0.3 is 14.4 Å². The van der Waals surface area contributed by atoms with Gasteiger partial charge in [0.25, 0.3) is 0 Å². The average molecular weight is 325 g/mol. The highest BCUT2D eigenvalue weighted by molar-refractivity contribution is 5.91. The minimum Gasteiger partial charge on any atom is -0.422 e. The summed E-state index contributed by atoms with van der Waals surface area (Å²) >= 11 is 0. The number of nitrogens with zero attached hydrogens (tertiary/aromatic N) is 1. The van der Waals surface area contributed by atoms with Crippen LogP contribution in [0, 0.1) is 20.8 Å². The van der Waals surface area contributed by atoms with E-state index in [1.54, 1.807) is 0 Å². The Balaban J connectivity index is 1.73. The van der Waals surface area contributed by atoms with E-state index in [4.69, 9.17) is 9.47 Å². The molecular formula is C20H23NO3. The lowest BCUT2D eigenvalue weighted by Gasteiger charge is -2.28. The fourth-order valence-corrected chi connectivity index (χ4v) is 3.11. The van der Waals surface area contributed by atoms with Crippen molar-refractivity contribution in [1.82, 2.24) is 0 Å². The lowest BCUT2D eigenvalue weighted by molar-refractivity contribution is 0.0732. The zero-order chi connectivity index (χ0) is 17.1. The summed E-state index contributed by atoms with van der Waals surface area (Å²) in [5.41, 5.74) is 4.79. The first-order valence-corrected chi connectivity index (χ1v) is 8.27. The molecule has 0 spiro atoms. The van der Waals surface area contributed by atoms with Gasteiger partial charge in [0, 0.05) is 18.8 Å². The molecule has 2 aromatic carbocycles. The number of benzene rings is 2. The van der Waals surface area contributed by atoms with Crippen LogP contribution < -0.4 is 9.64 Å². The quantitative estimate of drug-likeness (QED) is 0.637. The number of carbonyl (C=O) groups excluding carboxylic acids is 1. The van der Waals surface area contributed by atoms with Gasteiger partial charge in [-0.05, 0) is 56.2 Å². The van der Waals surface area contributed by atoms with Crippen molar-refractivity contribution in [2.24, 2.45) is 0 Å². The summed E-state index contributed by atoms with van der Waals surface area (Å²) in [5.74, 6) is 0.335. The van der Waals surface area contributed by atoms with Gasteiger partial charge in [-0.15, -0.1) is 0 Å². The zero-order valence-corrected chi connectivity index (χ0v) is 14.5. The van der Waals surface area contributed by atoms with Gasteiger partial charge in [0.1, 0.15) is 5.75 Å². The monoisotopic (exact) mass is 325 g/mol. The number of ether oxygens (including phenoxy) is 2. The van der Waals surface area contributed by atoms with Gasteiger partial charge in [0.15, 0.2) is 0 Å². The van der Waals surface area contributed by atoms with Crippen molar-refractivity contribution in [3.8, 4) is 5.75 Å². The molecule has 0 bridgehead atoms. The predicted molar refractivity (Wildman–Crippen MR) is 95.1 cm³/mol. The number of carbonyl (C=O) groups is 1. The van der Waals surface area contributed by atoms with Crippen LogP contribution in [0.5, 0.6) is 5.75 Å². The minimum absolute atomic E-state index is 0.321. The van der Waals surface area contributed by atoms with E-state index in [-0.39, 0.29) is 5.97 Å². The highest BCUT2D eigenvalue weighted by Crippen LogP contribution is 2.26. The Morgan fingerprint density at radius 2 is 1.58 bits per heavy atom. The Morgan fingerprint density at radius 3 is 2.17 bits per heavy atom. The van der Waals surface area contributed by atoms with E-state index in [2.05, 4.69) is 4.90 Å². The summed E-state index contributed by atoms with van der Waals surface area (Å²) in [6.45, 7) is 9.22. The van der Waals surface area contributed by atoms with Gasteiger partial charge in [0.2, 0.25) is 0 Å². The Hall–Kier alpha value is -2.33. The van der Waals surface area contributed by atoms with Gasteiger partial charge in [0.05, 0.1) is 18.8 Å². The van der Waals surface area contributed by atoms with Crippen molar-refractivity contribution in [2.75, 3.05) is 31.2 Å². The molecular weight excluding hydrogens is 302 g/mol. The van der Waals surface area contributed by atoms with Crippen molar-refractivity contribution in [3.05, 3.63) is 58.7 Å². The van der Waals surface area contributed by atoms with Crippen molar-refractivity contribution < 1.29 is 14.3 Å². The molecule has 126 valence electrons. The fourth-order valence-electron chi connectivity index (χ4n) is 3.11. The lowest BCUT2D eigenvalue weighted by atomic mass is 10.1. The topological polar surface area (TPSA) is 38.8 Å². The number of morpholine rings is 1. The van der Waals surface area contributed by atoms with Crippen LogP contribution in [0.1, 0.15) is 27.0 Å². The molecule has 0 saturated carbocycles. The number of esters is 1. The third-order valence-corrected chi connectivity index (χ3v) is 4.28. The Morgan fingerprint density at radius 1 is 1.00 bits per heavy atom. The molecule has 0 atom stereocenters. The molecule has 0 amide bonds. The highest BCUT2D eigenvalue weighted by atomic mass is 16.5. The molecule has 0 unspecified atom stereocenters. The second-order valence-corrected chi connectivity index (χ2v) is 6.26. The molecule has 0 aliphatic carbocycles. The maximum atomic E-state index is 12.4. The van der Waals surface area contributed by atoms with Gasteiger partial charge in [-0.3, -0.25) is 0 Å². The molecule has 3 rings (SSSR count). The first kappa shape index (κ1) is 16.5. The molecule has 1 aliphatic heterocycles. The van der Waals surface area contributed by atoms with Crippen LogP contribution in [0.2, 0.25) is 0 Å². The van der Waals surface area contributed by atoms with Crippen LogP contribution in [-0.4, -0.2) is 32.3 Å². The average Bonchev–Trinajstić information content (AvgIpc) is 2.59. The molecule has 4 heteroatoms. The molecule has 1 aliphatic rings. The van der Waals surface area contributed by atoms with E-state index < -0.39 is 0 Å². The third kappa shape index (κ3) is 3.60. The number of aryl methyl sites for hydroxylation is 3. The van der Waals surface area contributed by atoms with E-state index in [0.29, 0.717) is 11.3 Å². The molecule has 1 heterocycles. The number of rotatable bonds is 3. The van der Waals surface area contributed by atoms with Gasteiger partial charge in [-0.1, -0.05) is 17.7 Å². The van der Waals surface area contributed by atoms with Crippen LogP contribution in [0.3, 0.4) is 0 Å². The SMILES string of the molecule is Cc1cc(C)c(OC(=O)c2ccc(N3CCOCC3)cc2)c(C)c1. The summed E-state index contributed by atoms with van der Waals surface area (Å²) in [6, 6.07) is 11.6. The smallest absolute Gasteiger partial charge is 0.343 e. The number of anilines is 1. The fraction of sp³-hybridized carbons (Fsp3) is 0.350. The second-order valence-electron chi connectivity index (χ2n) is 6.26. The van der Waals surface area contributed by atoms with Crippen molar-refractivity contribution in [2.45, 2.75) is 20.8 Å². The van der Waals surface area contributed by atoms with Crippen molar-refractivity contribution in [1.29, 1.82) is 0 Å².